The highest BCUT2D eigenvalue weighted by atomic mass is 19.1. The van der Waals surface area contributed by atoms with E-state index in [2.05, 4.69) is 4.98 Å². The molecule has 7 nitrogen and oxygen atoms in total. The van der Waals surface area contributed by atoms with E-state index in [1.165, 1.54) is 6.20 Å². The van der Waals surface area contributed by atoms with Gasteiger partial charge in [0.2, 0.25) is 5.95 Å². The maximum atomic E-state index is 14.5. The lowest BCUT2D eigenvalue weighted by Crippen LogP contribution is -2.46. The molecule has 0 saturated carbocycles. The van der Waals surface area contributed by atoms with Crippen LogP contribution in [0.5, 0.6) is 5.75 Å². The van der Waals surface area contributed by atoms with Crippen molar-refractivity contribution < 1.29 is 13.9 Å². The van der Waals surface area contributed by atoms with Gasteiger partial charge in [0.15, 0.2) is 18.3 Å². The maximum absolute atomic E-state index is 14.5. The molecular formula is C25H24FN5O2. The van der Waals surface area contributed by atoms with Crippen molar-refractivity contribution in [3.8, 4) is 16.9 Å². The molecule has 1 atom stereocenters. The van der Waals surface area contributed by atoms with Crippen LogP contribution in [-0.2, 0) is 10.3 Å². The van der Waals surface area contributed by atoms with E-state index in [1.54, 1.807) is 19.2 Å². The second-order valence-electron chi connectivity index (χ2n) is 7.89. The van der Waals surface area contributed by atoms with Gasteiger partial charge in [-0.2, -0.15) is 4.39 Å². The van der Waals surface area contributed by atoms with Crippen molar-refractivity contribution in [3.63, 3.8) is 0 Å². The van der Waals surface area contributed by atoms with E-state index in [0.717, 1.165) is 29.9 Å². The summed E-state index contributed by atoms with van der Waals surface area (Å²) in [6.45, 7) is 1.61. The van der Waals surface area contributed by atoms with Gasteiger partial charge in [0.25, 0.3) is 0 Å². The second-order valence-corrected chi connectivity index (χ2v) is 7.89. The zero-order valence-electron chi connectivity index (χ0n) is 18.2. The first-order chi connectivity index (χ1) is 16.1. The molecule has 0 radical (unpaired) electrons. The van der Waals surface area contributed by atoms with Crippen LogP contribution in [0.25, 0.3) is 11.1 Å². The standard InChI is InChI=1S/C25H24FN5O2/c1-32-16-33-20-10-8-18(9-11-20)25(23-29-13-4-14-31(23)24(27)30-25)19-6-2-5-17(15-19)21-7-3-12-28-22(21)26/h2-3,5-12,15H,4,13-14,16H2,1H3,(H2,27,30). The molecule has 0 amide bonds. The molecule has 0 saturated heterocycles. The Morgan fingerprint density at radius 2 is 1.94 bits per heavy atom. The highest BCUT2D eigenvalue weighted by molar-refractivity contribution is 6.12. The lowest BCUT2D eigenvalue weighted by molar-refractivity contribution is 0.0511. The Balaban J connectivity index is 1.68. The van der Waals surface area contributed by atoms with Crippen molar-refractivity contribution in [2.24, 2.45) is 15.7 Å². The monoisotopic (exact) mass is 445 g/mol. The van der Waals surface area contributed by atoms with Crippen LogP contribution in [0.1, 0.15) is 17.5 Å². The summed E-state index contributed by atoms with van der Waals surface area (Å²) in [5.41, 5.74) is 8.32. The summed E-state index contributed by atoms with van der Waals surface area (Å²) in [6.07, 6.45) is 2.34. The molecule has 3 aromatic rings. The van der Waals surface area contributed by atoms with Crippen LogP contribution in [-0.4, -0.2) is 48.7 Å². The number of hydrogen-bond donors (Lipinski definition) is 1. The third kappa shape index (κ3) is 3.62. The molecule has 5 rings (SSSR count). The molecule has 0 aliphatic carbocycles. The third-order valence-corrected chi connectivity index (χ3v) is 5.91. The molecule has 1 unspecified atom stereocenters. The number of hydrogen-bond acceptors (Lipinski definition) is 7. The fourth-order valence-electron chi connectivity index (χ4n) is 4.41. The van der Waals surface area contributed by atoms with Crippen LogP contribution in [0.2, 0.25) is 0 Å². The summed E-state index contributed by atoms with van der Waals surface area (Å²) in [6, 6.07) is 18.8. The Bertz CT molecular complexity index is 1230. The molecule has 168 valence electrons. The van der Waals surface area contributed by atoms with Crippen LogP contribution in [0.3, 0.4) is 0 Å². The zero-order chi connectivity index (χ0) is 22.8. The first-order valence-electron chi connectivity index (χ1n) is 10.7. The van der Waals surface area contributed by atoms with Gasteiger partial charge in [-0.15, -0.1) is 0 Å². The van der Waals surface area contributed by atoms with Crippen LogP contribution in [0, 0.1) is 5.95 Å². The molecule has 2 aliphatic rings. The molecule has 0 spiro atoms. The predicted molar refractivity (Wildman–Crippen MR) is 125 cm³/mol. The quantitative estimate of drug-likeness (QED) is 0.463. The summed E-state index contributed by atoms with van der Waals surface area (Å²) in [5, 5.41) is 0. The highest BCUT2D eigenvalue weighted by Gasteiger charge is 2.49. The Labute approximate surface area is 191 Å². The summed E-state index contributed by atoms with van der Waals surface area (Å²) >= 11 is 0. The minimum absolute atomic E-state index is 0.162. The molecule has 2 aromatic carbocycles. The number of methoxy groups -OCH3 is 1. The number of aliphatic imine (C=N–C) groups is 2. The molecule has 1 aromatic heterocycles. The fourth-order valence-corrected chi connectivity index (χ4v) is 4.41. The van der Waals surface area contributed by atoms with Crippen molar-refractivity contribution in [1.29, 1.82) is 0 Å². The number of nitrogens with zero attached hydrogens (tertiary/aromatic N) is 4. The van der Waals surface area contributed by atoms with E-state index in [1.807, 2.05) is 53.4 Å². The van der Waals surface area contributed by atoms with Gasteiger partial charge in [-0.05, 0) is 53.4 Å². The van der Waals surface area contributed by atoms with Crippen LogP contribution < -0.4 is 10.5 Å². The van der Waals surface area contributed by atoms with Crippen LogP contribution in [0.4, 0.5) is 4.39 Å². The van der Waals surface area contributed by atoms with Gasteiger partial charge in [0.05, 0.1) is 0 Å². The average molecular weight is 445 g/mol. The van der Waals surface area contributed by atoms with Crippen molar-refractivity contribution in [3.05, 3.63) is 83.9 Å². The number of nitrogens with two attached hydrogens (primary N) is 1. The molecule has 2 aliphatic heterocycles. The number of halogens is 1. The van der Waals surface area contributed by atoms with E-state index in [4.69, 9.17) is 25.2 Å². The SMILES string of the molecule is COCOc1ccc(C2(c3cccc(-c4cccnc4F)c3)N=C(N)N3CCCN=C32)cc1. The topological polar surface area (TPSA) is 85.3 Å². The third-order valence-electron chi connectivity index (χ3n) is 5.91. The summed E-state index contributed by atoms with van der Waals surface area (Å²) in [7, 11) is 1.58. The minimum atomic E-state index is -0.945. The largest absolute Gasteiger partial charge is 0.468 e. The molecule has 0 bridgehead atoms. The number of guanidine groups is 1. The molecule has 2 N–H and O–H groups in total. The van der Waals surface area contributed by atoms with Gasteiger partial charge >= 0.3 is 0 Å². The maximum Gasteiger partial charge on any atom is 0.220 e. The Morgan fingerprint density at radius 3 is 2.73 bits per heavy atom. The second kappa shape index (κ2) is 8.63. The van der Waals surface area contributed by atoms with E-state index in [-0.39, 0.29) is 6.79 Å². The Morgan fingerprint density at radius 1 is 1.09 bits per heavy atom. The smallest absolute Gasteiger partial charge is 0.220 e. The minimum Gasteiger partial charge on any atom is -0.468 e. The summed E-state index contributed by atoms with van der Waals surface area (Å²) in [5.74, 6) is 1.36. The van der Waals surface area contributed by atoms with Crippen LogP contribution >= 0.6 is 0 Å². The molecular weight excluding hydrogens is 421 g/mol. The summed E-state index contributed by atoms with van der Waals surface area (Å²) < 4.78 is 25.0. The van der Waals surface area contributed by atoms with Gasteiger partial charge in [-0.3, -0.25) is 9.89 Å². The first kappa shape index (κ1) is 21.1. The molecule has 8 heteroatoms. The number of benzene rings is 2. The fraction of sp³-hybridized carbons (Fsp3) is 0.240. The van der Waals surface area contributed by atoms with Gasteiger partial charge in [0.1, 0.15) is 11.6 Å². The lowest BCUT2D eigenvalue weighted by Gasteiger charge is -2.33. The Kier molecular flexibility index (Phi) is 5.51. The van der Waals surface area contributed by atoms with Gasteiger partial charge in [-0.25, -0.2) is 9.98 Å². The van der Waals surface area contributed by atoms with E-state index >= 15 is 0 Å². The Hall–Kier alpha value is -3.78. The van der Waals surface area contributed by atoms with E-state index < -0.39 is 11.5 Å². The molecule has 33 heavy (non-hydrogen) atoms. The van der Waals surface area contributed by atoms with Crippen molar-refractivity contribution >= 4 is 11.8 Å². The van der Waals surface area contributed by atoms with Crippen molar-refractivity contribution in [1.82, 2.24) is 9.88 Å². The summed E-state index contributed by atoms with van der Waals surface area (Å²) in [4.78, 5) is 15.6. The van der Waals surface area contributed by atoms with E-state index in [0.29, 0.717) is 29.4 Å². The normalized spacial score (nSPS) is 19.6. The lowest BCUT2D eigenvalue weighted by atomic mass is 9.81. The van der Waals surface area contributed by atoms with E-state index in [9.17, 15) is 4.39 Å². The zero-order valence-corrected chi connectivity index (χ0v) is 18.2. The van der Waals surface area contributed by atoms with Crippen molar-refractivity contribution in [2.45, 2.75) is 12.0 Å². The highest BCUT2D eigenvalue weighted by Crippen LogP contribution is 2.43. The van der Waals surface area contributed by atoms with Crippen molar-refractivity contribution in [2.75, 3.05) is 27.0 Å². The first-order valence-corrected chi connectivity index (χ1v) is 10.7. The number of pyridine rings is 1. The molecule has 0 fully saturated rings. The number of amidine groups is 1. The number of ether oxygens (including phenoxy) is 2. The van der Waals surface area contributed by atoms with Gasteiger partial charge in [-0.1, -0.05) is 30.3 Å². The average Bonchev–Trinajstić information content (AvgIpc) is 3.17. The number of fused-ring (bicyclic) bond motifs is 1. The predicted octanol–water partition coefficient (Wildman–Crippen LogP) is 3.55. The number of aromatic nitrogens is 1. The van der Waals surface area contributed by atoms with Gasteiger partial charge < -0.3 is 15.2 Å². The van der Waals surface area contributed by atoms with Crippen LogP contribution in [0.15, 0.2) is 76.8 Å². The number of rotatable bonds is 6. The molecule has 3 heterocycles. The van der Waals surface area contributed by atoms with Gasteiger partial charge in [0, 0.05) is 32.0 Å².